The lowest BCUT2D eigenvalue weighted by molar-refractivity contribution is -0.483. The van der Waals surface area contributed by atoms with Crippen molar-refractivity contribution in [1.82, 2.24) is 4.72 Å². The summed E-state index contributed by atoms with van der Waals surface area (Å²) in [5.41, 5.74) is 0.944. The first-order valence-electron chi connectivity index (χ1n) is 7.14. The van der Waals surface area contributed by atoms with E-state index in [1.165, 1.54) is 36.4 Å². The van der Waals surface area contributed by atoms with E-state index in [1.807, 2.05) is 0 Å². The summed E-state index contributed by atoms with van der Waals surface area (Å²) in [6.45, 7) is 1.11. The van der Waals surface area contributed by atoms with E-state index < -0.39 is 32.5 Å². The third kappa shape index (κ3) is 4.81. The lowest BCUT2D eigenvalue weighted by atomic mass is 10.1. The molecule has 0 bridgehead atoms. The van der Waals surface area contributed by atoms with Gasteiger partial charge in [-0.05, 0) is 24.6 Å². The molecule has 0 aliphatic carbocycles. The summed E-state index contributed by atoms with van der Waals surface area (Å²) in [5.74, 6) is 0. The lowest BCUT2D eigenvalue weighted by Crippen LogP contribution is -2.33. The molecule has 25 heavy (non-hydrogen) atoms. The molecular formula is C15H15N3O6S. The lowest BCUT2D eigenvalue weighted by Gasteiger charge is -2.15. The van der Waals surface area contributed by atoms with Crippen LogP contribution in [0.4, 0.5) is 5.69 Å². The van der Waals surface area contributed by atoms with Crippen molar-refractivity contribution in [3.05, 3.63) is 79.9 Å². The summed E-state index contributed by atoms with van der Waals surface area (Å²) < 4.78 is 27.2. The largest absolute Gasteiger partial charge is 0.269 e. The minimum atomic E-state index is -3.98. The summed E-state index contributed by atoms with van der Waals surface area (Å²) in [7, 11) is -3.98. The number of hydrogen-bond donors (Lipinski definition) is 1. The molecule has 0 saturated carbocycles. The third-order valence-corrected chi connectivity index (χ3v) is 4.95. The fourth-order valence-corrected chi connectivity index (χ4v) is 3.38. The monoisotopic (exact) mass is 365 g/mol. The molecule has 2 aromatic rings. The average Bonchev–Trinajstić information content (AvgIpc) is 2.54. The molecule has 2 aromatic carbocycles. The molecule has 0 radical (unpaired) electrons. The smallest absolute Gasteiger partial charge is 0.264 e. The van der Waals surface area contributed by atoms with Gasteiger partial charge in [-0.3, -0.25) is 20.2 Å². The second kappa shape index (κ2) is 7.36. The van der Waals surface area contributed by atoms with Crippen molar-refractivity contribution >= 4 is 15.7 Å². The van der Waals surface area contributed by atoms with Gasteiger partial charge in [-0.1, -0.05) is 29.8 Å². The number of nitrogens with one attached hydrogen (secondary N) is 1. The molecule has 132 valence electrons. The van der Waals surface area contributed by atoms with Crippen LogP contribution in [0.25, 0.3) is 0 Å². The molecule has 0 saturated heterocycles. The summed E-state index contributed by atoms with van der Waals surface area (Å²) in [5, 5.41) is 21.6. The van der Waals surface area contributed by atoms with E-state index in [4.69, 9.17) is 0 Å². The zero-order valence-electron chi connectivity index (χ0n) is 13.2. The number of sulfonamides is 1. The fourth-order valence-electron chi connectivity index (χ4n) is 2.16. The van der Waals surface area contributed by atoms with Gasteiger partial charge in [0.2, 0.25) is 16.6 Å². The first-order chi connectivity index (χ1) is 11.7. The molecule has 0 aliphatic rings. The number of rotatable bonds is 7. The highest BCUT2D eigenvalue weighted by Crippen LogP contribution is 2.21. The SMILES string of the molecule is Cc1ccc(S(=O)(=O)NC(C[N+](=O)[O-])c2ccc([N+](=O)[O-])cc2)cc1. The zero-order chi connectivity index (χ0) is 18.6. The molecule has 0 fully saturated rings. The van der Waals surface area contributed by atoms with Gasteiger partial charge in [-0.25, -0.2) is 8.42 Å². The number of nitro groups is 2. The van der Waals surface area contributed by atoms with Gasteiger partial charge in [0.15, 0.2) is 0 Å². The van der Waals surface area contributed by atoms with Gasteiger partial charge in [0, 0.05) is 17.1 Å². The first-order valence-corrected chi connectivity index (χ1v) is 8.62. The van der Waals surface area contributed by atoms with Gasteiger partial charge in [0.25, 0.3) is 5.69 Å². The van der Waals surface area contributed by atoms with Crippen molar-refractivity contribution < 1.29 is 18.3 Å². The number of nitro benzene ring substituents is 1. The zero-order valence-corrected chi connectivity index (χ0v) is 14.0. The van der Waals surface area contributed by atoms with Crippen LogP contribution in [0.1, 0.15) is 17.2 Å². The molecular weight excluding hydrogens is 350 g/mol. The molecule has 1 atom stereocenters. The van der Waals surface area contributed by atoms with Crippen LogP contribution >= 0.6 is 0 Å². The Kier molecular flexibility index (Phi) is 5.45. The Morgan fingerprint density at radius 1 is 1.00 bits per heavy atom. The van der Waals surface area contributed by atoms with E-state index in [2.05, 4.69) is 4.72 Å². The quantitative estimate of drug-likeness (QED) is 0.591. The van der Waals surface area contributed by atoms with Crippen LogP contribution < -0.4 is 4.72 Å². The summed E-state index contributed by atoms with van der Waals surface area (Å²) in [4.78, 5) is 20.3. The van der Waals surface area contributed by atoms with Crippen LogP contribution in [0.5, 0.6) is 0 Å². The highest BCUT2D eigenvalue weighted by atomic mass is 32.2. The van der Waals surface area contributed by atoms with Gasteiger partial charge < -0.3 is 0 Å². The molecule has 0 heterocycles. The second-order valence-corrected chi connectivity index (χ2v) is 7.06. The minimum absolute atomic E-state index is 0.0200. The molecule has 0 amide bonds. The van der Waals surface area contributed by atoms with Gasteiger partial charge in [0.05, 0.1) is 9.82 Å². The molecule has 1 unspecified atom stereocenters. The van der Waals surface area contributed by atoms with Crippen molar-refractivity contribution in [2.75, 3.05) is 6.54 Å². The van der Waals surface area contributed by atoms with E-state index in [1.54, 1.807) is 19.1 Å². The van der Waals surface area contributed by atoms with Crippen LogP contribution in [-0.2, 0) is 10.0 Å². The fraction of sp³-hybridized carbons (Fsp3) is 0.200. The van der Waals surface area contributed by atoms with Crippen LogP contribution in [0.15, 0.2) is 53.4 Å². The van der Waals surface area contributed by atoms with Crippen LogP contribution in [-0.4, -0.2) is 24.8 Å². The highest BCUT2D eigenvalue weighted by Gasteiger charge is 2.25. The van der Waals surface area contributed by atoms with Gasteiger partial charge in [0.1, 0.15) is 6.04 Å². The first kappa shape index (κ1) is 18.5. The Hall–Kier alpha value is -2.85. The third-order valence-electron chi connectivity index (χ3n) is 3.47. The molecule has 10 heteroatoms. The predicted octanol–water partition coefficient (Wildman–Crippen LogP) is 2.20. The van der Waals surface area contributed by atoms with Crippen molar-refractivity contribution in [2.45, 2.75) is 17.9 Å². The Labute approximate surface area is 143 Å². The highest BCUT2D eigenvalue weighted by molar-refractivity contribution is 7.89. The molecule has 0 aliphatic heterocycles. The van der Waals surface area contributed by atoms with Crippen LogP contribution in [0.2, 0.25) is 0 Å². The normalized spacial score (nSPS) is 12.5. The van der Waals surface area contributed by atoms with E-state index in [0.717, 1.165) is 5.56 Å². The van der Waals surface area contributed by atoms with Crippen LogP contribution in [0, 0.1) is 27.2 Å². The Bertz CT molecular complexity index is 878. The van der Waals surface area contributed by atoms with Crippen LogP contribution in [0.3, 0.4) is 0 Å². The standard InChI is InChI=1S/C15H15N3O6S/c1-11-2-8-14(9-3-11)25(23,24)16-15(10-17(19)20)12-4-6-13(7-5-12)18(21)22/h2-9,15-16H,10H2,1H3. The van der Waals surface area contributed by atoms with Crippen molar-refractivity contribution in [3.8, 4) is 0 Å². The topological polar surface area (TPSA) is 132 Å². The predicted molar refractivity (Wildman–Crippen MR) is 89.2 cm³/mol. The maximum Gasteiger partial charge on any atom is 0.269 e. The van der Waals surface area contributed by atoms with E-state index in [0.29, 0.717) is 0 Å². The second-order valence-electron chi connectivity index (χ2n) is 5.35. The number of hydrogen-bond acceptors (Lipinski definition) is 6. The maximum atomic E-state index is 12.4. The molecule has 0 aromatic heterocycles. The number of nitrogens with zero attached hydrogens (tertiary/aromatic N) is 2. The van der Waals surface area contributed by atoms with Gasteiger partial charge in [-0.2, -0.15) is 4.72 Å². The summed E-state index contributed by atoms with van der Waals surface area (Å²) in [6.07, 6.45) is 0. The van der Waals surface area contributed by atoms with Crippen molar-refractivity contribution in [1.29, 1.82) is 0 Å². The Morgan fingerprint density at radius 3 is 2.04 bits per heavy atom. The van der Waals surface area contributed by atoms with E-state index in [-0.39, 0.29) is 16.1 Å². The Morgan fingerprint density at radius 2 is 1.56 bits per heavy atom. The molecule has 0 spiro atoms. The number of benzene rings is 2. The van der Waals surface area contributed by atoms with E-state index >= 15 is 0 Å². The van der Waals surface area contributed by atoms with E-state index in [9.17, 15) is 28.6 Å². The molecule has 9 nitrogen and oxygen atoms in total. The Balaban J connectivity index is 2.32. The van der Waals surface area contributed by atoms with Crippen molar-refractivity contribution in [3.63, 3.8) is 0 Å². The minimum Gasteiger partial charge on any atom is -0.264 e. The molecule has 1 N–H and O–H groups in total. The van der Waals surface area contributed by atoms with Gasteiger partial charge in [-0.15, -0.1) is 0 Å². The number of non-ortho nitro benzene ring substituents is 1. The maximum absolute atomic E-state index is 12.4. The summed E-state index contributed by atoms with van der Waals surface area (Å²) in [6, 6.07) is 9.81. The molecule has 2 rings (SSSR count). The summed E-state index contributed by atoms with van der Waals surface area (Å²) >= 11 is 0. The average molecular weight is 365 g/mol. The number of aryl methyl sites for hydroxylation is 1. The van der Waals surface area contributed by atoms with Gasteiger partial charge >= 0.3 is 0 Å². The van der Waals surface area contributed by atoms with Crippen molar-refractivity contribution in [2.24, 2.45) is 0 Å².